The highest BCUT2D eigenvalue weighted by atomic mass is 16.5. The van der Waals surface area contributed by atoms with E-state index < -0.39 is 0 Å². The van der Waals surface area contributed by atoms with Crippen molar-refractivity contribution in [3.8, 4) is 5.75 Å². The molecule has 3 rings (SSSR count). The van der Waals surface area contributed by atoms with Crippen molar-refractivity contribution in [3.63, 3.8) is 0 Å². The van der Waals surface area contributed by atoms with E-state index in [1.807, 2.05) is 42.5 Å². The first-order valence-corrected chi connectivity index (χ1v) is 9.20. The number of amides is 2. The minimum atomic E-state index is -0.214. The molecule has 2 N–H and O–H groups in total. The van der Waals surface area contributed by atoms with Gasteiger partial charge in [-0.2, -0.15) is 0 Å². The van der Waals surface area contributed by atoms with Gasteiger partial charge in [0.1, 0.15) is 18.2 Å². The maximum Gasteiger partial charge on any atom is 0.319 e. The van der Waals surface area contributed by atoms with Crippen LogP contribution in [0.15, 0.2) is 48.7 Å². The number of para-hydroxylation sites is 2. The number of nitrogens with zero attached hydrogens (tertiary/aromatic N) is 2. The van der Waals surface area contributed by atoms with Gasteiger partial charge in [0.2, 0.25) is 0 Å². The van der Waals surface area contributed by atoms with Crippen molar-refractivity contribution in [2.45, 2.75) is 18.9 Å². The molecule has 0 radical (unpaired) electrons. The molecule has 1 aromatic heterocycles. The van der Waals surface area contributed by atoms with Crippen molar-refractivity contribution in [1.82, 2.24) is 10.3 Å². The summed E-state index contributed by atoms with van der Waals surface area (Å²) in [5.41, 5.74) is 0.650. The van der Waals surface area contributed by atoms with Gasteiger partial charge in [0.15, 0.2) is 0 Å². The predicted molar refractivity (Wildman–Crippen MR) is 105 cm³/mol. The Morgan fingerprint density at radius 2 is 1.93 bits per heavy atom. The normalized spacial score (nSPS) is 14.6. The fourth-order valence-electron chi connectivity index (χ4n) is 3.07. The molecule has 7 nitrogen and oxygen atoms in total. The molecule has 1 aliphatic rings. The maximum atomic E-state index is 12.4. The molecule has 1 saturated heterocycles. The van der Waals surface area contributed by atoms with Crippen LogP contribution in [-0.2, 0) is 4.74 Å². The lowest BCUT2D eigenvalue weighted by Gasteiger charge is -2.33. The van der Waals surface area contributed by atoms with Crippen LogP contribution in [0.2, 0.25) is 0 Å². The largest absolute Gasteiger partial charge is 0.489 e. The van der Waals surface area contributed by atoms with Gasteiger partial charge in [-0.3, -0.25) is 0 Å². The molecule has 7 heteroatoms. The highest BCUT2D eigenvalue weighted by Crippen LogP contribution is 2.24. The quantitative estimate of drug-likeness (QED) is 0.733. The summed E-state index contributed by atoms with van der Waals surface area (Å²) in [5, 5.41) is 5.94. The van der Waals surface area contributed by atoms with Crippen LogP contribution < -0.4 is 20.3 Å². The smallest absolute Gasteiger partial charge is 0.319 e. The van der Waals surface area contributed by atoms with Crippen molar-refractivity contribution in [2.75, 3.05) is 43.6 Å². The minimum absolute atomic E-state index is 0.145. The number of urea groups is 1. The molecule has 1 aliphatic heterocycles. The molecule has 2 amide bonds. The third-order valence-corrected chi connectivity index (χ3v) is 4.48. The molecule has 0 unspecified atom stereocenters. The summed E-state index contributed by atoms with van der Waals surface area (Å²) in [6.45, 7) is 2.68. The van der Waals surface area contributed by atoms with Crippen LogP contribution in [-0.4, -0.2) is 50.5 Å². The van der Waals surface area contributed by atoms with E-state index in [0.717, 1.165) is 31.7 Å². The molecule has 0 saturated carbocycles. The van der Waals surface area contributed by atoms with Crippen molar-refractivity contribution in [3.05, 3.63) is 48.7 Å². The van der Waals surface area contributed by atoms with E-state index in [0.29, 0.717) is 24.7 Å². The second-order valence-corrected chi connectivity index (χ2v) is 6.39. The molecular formula is C20H26N4O3. The number of aromatic nitrogens is 1. The maximum absolute atomic E-state index is 12.4. The molecule has 27 heavy (non-hydrogen) atoms. The highest BCUT2D eigenvalue weighted by Gasteiger charge is 2.21. The van der Waals surface area contributed by atoms with E-state index in [2.05, 4.69) is 20.5 Å². The fourth-order valence-corrected chi connectivity index (χ4v) is 3.07. The van der Waals surface area contributed by atoms with Crippen LogP contribution in [0.1, 0.15) is 12.8 Å². The molecule has 0 atom stereocenters. The van der Waals surface area contributed by atoms with Gasteiger partial charge in [-0.25, -0.2) is 9.78 Å². The van der Waals surface area contributed by atoms with Crippen LogP contribution in [0, 0.1) is 0 Å². The average Bonchev–Trinajstić information content (AvgIpc) is 2.71. The van der Waals surface area contributed by atoms with E-state index in [1.165, 1.54) is 0 Å². The molecule has 0 aliphatic carbocycles. The molecule has 0 spiro atoms. The number of benzene rings is 1. The first-order chi connectivity index (χ1) is 13.3. The van der Waals surface area contributed by atoms with Crippen molar-refractivity contribution >= 4 is 17.5 Å². The Morgan fingerprint density at radius 3 is 2.67 bits per heavy atom. The number of nitrogens with one attached hydrogen (secondary N) is 2. The Balaban J connectivity index is 1.48. The van der Waals surface area contributed by atoms with Gasteiger partial charge in [-0.1, -0.05) is 18.2 Å². The summed E-state index contributed by atoms with van der Waals surface area (Å²) in [5.74, 6) is 1.62. The first-order valence-electron chi connectivity index (χ1n) is 9.20. The summed E-state index contributed by atoms with van der Waals surface area (Å²) in [7, 11) is 1.63. The summed E-state index contributed by atoms with van der Waals surface area (Å²) in [6, 6.07) is 13.2. The number of hydrogen-bond donors (Lipinski definition) is 2. The van der Waals surface area contributed by atoms with Crippen molar-refractivity contribution in [1.29, 1.82) is 0 Å². The molecular weight excluding hydrogens is 344 g/mol. The van der Waals surface area contributed by atoms with Crippen LogP contribution >= 0.6 is 0 Å². The minimum Gasteiger partial charge on any atom is -0.489 e. The highest BCUT2D eigenvalue weighted by molar-refractivity contribution is 5.91. The van der Waals surface area contributed by atoms with E-state index >= 15 is 0 Å². The number of pyridine rings is 1. The monoisotopic (exact) mass is 370 g/mol. The molecule has 0 bridgehead atoms. The summed E-state index contributed by atoms with van der Waals surface area (Å²) in [6.07, 6.45) is 3.57. The molecule has 1 aromatic carbocycles. The topological polar surface area (TPSA) is 75.7 Å². The Bertz CT molecular complexity index is 718. The van der Waals surface area contributed by atoms with Gasteiger partial charge in [-0.15, -0.1) is 0 Å². The van der Waals surface area contributed by atoms with Gasteiger partial charge in [-0.05, 0) is 37.1 Å². The standard InChI is InChI=1S/C20H26N4O3/c1-26-14-15-27-18-7-3-2-6-17(18)23-20(25)22-16-9-12-24(13-10-16)19-8-4-5-11-21-19/h2-8,11,16H,9-10,12-15H2,1H3,(H2,22,23,25). The Labute approximate surface area is 159 Å². The lowest BCUT2D eigenvalue weighted by molar-refractivity contribution is 0.146. The van der Waals surface area contributed by atoms with Crippen LogP contribution in [0.5, 0.6) is 5.75 Å². The Kier molecular flexibility index (Phi) is 6.87. The number of carbonyl (C=O) groups is 1. The van der Waals surface area contributed by atoms with Crippen molar-refractivity contribution in [2.24, 2.45) is 0 Å². The Morgan fingerprint density at radius 1 is 1.15 bits per heavy atom. The molecule has 144 valence electrons. The number of hydrogen-bond acceptors (Lipinski definition) is 5. The van der Waals surface area contributed by atoms with Gasteiger partial charge in [0.25, 0.3) is 0 Å². The number of anilines is 2. The molecule has 2 heterocycles. The number of methoxy groups -OCH3 is 1. The van der Waals surface area contributed by atoms with Gasteiger partial charge in [0.05, 0.1) is 12.3 Å². The summed E-state index contributed by atoms with van der Waals surface area (Å²) < 4.78 is 10.6. The zero-order valence-corrected chi connectivity index (χ0v) is 15.6. The lowest BCUT2D eigenvalue weighted by atomic mass is 10.1. The summed E-state index contributed by atoms with van der Waals surface area (Å²) in [4.78, 5) is 19.0. The predicted octanol–water partition coefficient (Wildman–Crippen LogP) is 2.90. The molecule has 1 fully saturated rings. The lowest BCUT2D eigenvalue weighted by Crippen LogP contribution is -2.46. The van der Waals surface area contributed by atoms with E-state index in [4.69, 9.17) is 9.47 Å². The number of piperidine rings is 1. The van der Waals surface area contributed by atoms with Gasteiger partial charge in [0, 0.05) is 32.4 Å². The molecule has 2 aromatic rings. The van der Waals surface area contributed by atoms with Gasteiger partial charge < -0.3 is 25.0 Å². The second kappa shape index (κ2) is 9.78. The fraction of sp³-hybridized carbons (Fsp3) is 0.400. The third-order valence-electron chi connectivity index (χ3n) is 4.48. The SMILES string of the molecule is COCCOc1ccccc1NC(=O)NC1CCN(c2ccccn2)CC1. The van der Waals surface area contributed by atoms with Gasteiger partial charge >= 0.3 is 6.03 Å². The van der Waals surface area contributed by atoms with Crippen LogP contribution in [0.25, 0.3) is 0 Å². The van der Waals surface area contributed by atoms with Crippen molar-refractivity contribution < 1.29 is 14.3 Å². The van der Waals surface area contributed by atoms with E-state index in [-0.39, 0.29) is 12.1 Å². The number of carbonyl (C=O) groups excluding carboxylic acids is 1. The third kappa shape index (κ3) is 5.59. The average molecular weight is 370 g/mol. The number of ether oxygens (including phenoxy) is 2. The Hall–Kier alpha value is -2.80. The number of rotatable bonds is 7. The summed E-state index contributed by atoms with van der Waals surface area (Å²) >= 11 is 0. The van der Waals surface area contributed by atoms with Crippen LogP contribution in [0.3, 0.4) is 0 Å². The zero-order valence-electron chi connectivity index (χ0n) is 15.6. The van der Waals surface area contributed by atoms with Crippen LogP contribution in [0.4, 0.5) is 16.3 Å². The van der Waals surface area contributed by atoms with E-state index in [9.17, 15) is 4.79 Å². The second-order valence-electron chi connectivity index (χ2n) is 6.39. The zero-order chi connectivity index (χ0) is 18.9. The van der Waals surface area contributed by atoms with E-state index in [1.54, 1.807) is 13.3 Å². The first kappa shape index (κ1) is 19.0.